The Labute approximate surface area is 87.1 Å². The van der Waals surface area contributed by atoms with Gasteiger partial charge in [-0.2, -0.15) is 0 Å². The molecule has 1 atom stereocenters. The molecule has 0 aliphatic carbocycles. The van der Waals surface area contributed by atoms with Gasteiger partial charge in [0.2, 0.25) is 0 Å². The van der Waals surface area contributed by atoms with E-state index in [1.807, 2.05) is 13.8 Å². The van der Waals surface area contributed by atoms with Crippen LogP contribution in [-0.2, 0) is 4.79 Å². The van der Waals surface area contributed by atoms with Gasteiger partial charge in [-0.1, -0.05) is 13.8 Å². The van der Waals surface area contributed by atoms with Crippen molar-refractivity contribution < 1.29 is 4.79 Å². The summed E-state index contributed by atoms with van der Waals surface area (Å²) >= 11 is 0. The minimum Gasteiger partial charge on any atom is -0.301 e. The minimum absolute atomic E-state index is 0.124. The molecule has 3 nitrogen and oxygen atoms in total. The van der Waals surface area contributed by atoms with Gasteiger partial charge in [0.05, 0.1) is 6.04 Å². The highest BCUT2D eigenvalue weighted by Crippen LogP contribution is 2.07. The molecule has 0 aromatic heterocycles. The van der Waals surface area contributed by atoms with E-state index < -0.39 is 0 Å². The number of hydrogen-bond donors (Lipinski definition) is 0. The summed E-state index contributed by atoms with van der Waals surface area (Å²) < 4.78 is 0. The average Bonchev–Trinajstić information content (AvgIpc) is 2.27. The van der Waals surface area contributed by atoms with Gasteiger partial charge in [0, 0.05) is 32.6 Å². The molecule has 0 aromatic rings. The predicted molar refractivity (Wildman–Crippen MR) is 58.4 cm³/mol. The fourth-order valence-corrected chi connectivity index (χ4v) is 1.97. The SMILES string of the molecule is CCC(=O)C(C)N1CCN(CC)CC1. The number of likely N-dealkylation sites (N-methyl/N-ethyl adjacent to an activating group) is 1. The van der Waals surface area contributed by atoms with Crippen molar-refractivity contribution in [2.45, 2.75) is 33.2 Å². The van der Waals surface area contributed by atoms with E-state index in [1.54, 1.807) is 0 Å². The minimum atomic E-state index is 0.124. The summed E-state index contributed by atoms with van der Waals surface area (Å²) in [4.78, 5) is 16.2. The number of piperazine rings is 1. The maximum Gasteiger partial charge on any atom is 0.149 e. The van der Waals surface area contributed by atoms with E-state index in [-0.39, 0.29) is 6.04 Å². The van der Waals surface area contributed by atoms with Crippen molar-refractivity contribution >= 4 is 5.78 Å². The second-order valence-electron chi connectivity index (χ2n) is 3.97. The van der Waals surface area contributed by atoms with Crippen molar-refractivity contribution in [3.8, 4) is 0 Å². The van der Waals surface area contributed by atoms with Gasteiger partial charge in [-0.15, -0.1) is 0 Å². The predicted octanol–water partition coefficient (Wildman–Crippen LogP) is 0.991. The summed E-state index contributed by atoms with van der Waals surface area (Å²) in [6.45, 7) is 11.6. The molecule has 3 heteroatoms. The Hall–Kier alpha value is -0.410. The first-order valence-corrected chi connectivity index (χ1v) is 5.68. The summed E-state index contributed by atoms with van der Waals surface area (Å²) in [5.74, 6) is 0.370. The molecule has 0 N–H and O–H groups in total. The molecule has 1 heterocycles. The molecule has 0 saturated carbocycles. The Morgan fingerprint density at radius 3 is 2.21 bits per heavy atom. The number of ketones is 1. The average molecular weight is 198 g/mol. The molecule has 1 aliphatic rings. The Kier molecular flexibility index (Phi) is 4.55. The third-order valence-electron chi connectivity index (χ3n) is 3.22. The van der Waals surface area contributed by atoms with Crippen LogP contribution >= 0.6 is 0 Å². The zero-order valence-corrected chi connectivity index (χ0v) is 9.62. The first-order chi connectivity index (χ1) is 6.69. The van der Waals surface area contributed by atoms with Crippen molar-refractivity contribution in [3.63, 3.8) is 0 Å². The second-order valence-corrected chi connectivity index (χ2v) is 3.97. The Bertz CT molecular complexity index is 186. The fourth-order valence-electron chi connectivity index (χ4n) is 1.97. The normalized spacial score (nSPS) is 22.2. The largest absolute Gasteiger partial charge is 0.301 e. The quantitative estimate of drug-likeness (QED) is 0.673. The highest BCUT2D eigenvalue weighted by atomic mass is 16.1. The summed E-state index contributed by atoms with van der Waals surface area (Å²) in [6.07, 6.45) is 0.662. The van der Waals surface area contributed by atoms with Crippen molar-refractivity contribution in [2.24, 2.45) is 0 Å². The van der Waals surface area contributed by atoms with E-state index in [0.717, 1.165) is 32.7 Å². The number of nitrogens with zero attached hydrogens (tertiary/aromatic N) is 2. The van der Waals surface area contributed by atoms with Gasteiger partial charge in [-0.05, 0) is 13.5 Å². The molecule has 0 spiro atoms. The number of hydrogen-bond acceptors (Lipinski definition) is 3. The van der Waals surface area contributed by atoms with Crippen LogP contribution < -0.4 is 0 Å². The number of Topliss-reactive ketones (excluding diaryl/α,β-unsaturated/α-hetero) is 1. The Morgan fingerprint density at radius 2 is 1.79 bits per heavy atom. The highest BCUT2D eigenvalue weighted by Gasteiger charge is 2.23. The molecule has 0 aromatic carbocycles. The summed E-state index contributed by atoms with van der Waals surface area (Å²) in [5, 5.41) is 0. The Balaban J connectivity index is 2.37. The van der Waals surface area contributed by atoms with E-state index in [4.69, 9.17) is 0 Å². The first-order valence-electron chi connectivity index (χ1n) is 5.68. The molecule has 0 radical (unpaired) electrons. The van der Waals surface area contributed by atoms with Crippen LogP contribution in [0.15, 0.2) is 0 Å². The van der Waals surface area contributed by atoms with Gasteiger partial charge >= 0.3 is 0 Å². The molecule has 1 fully saturated rings. The lowest BCUT2D eigenvalue weighted by Crippen LogP contribution is -2.51. The van der Waals surface area contributed by atoms with Crippen LogP contribution in [0.5, 0.6) is 0 Å². The van der Waals surface area contributed by atoms with Gasteiger partial charge in [0.1, 0.15) is 5.78 Å². The topological polar surface area (TPSA) is 23.6 Å². The highest BCUT2D eigenvalue weighted by molar-refractivity contribution is 5.83. The smallest absolute Gasteiger partial charge is 0.149 e. The van der Waals surface area contributed by atoms with Crippen LogP contribution in [0, 0.1) is 0 Å². The lowest BCUT2D eigenvalue weighted by molar-refractivity contribution is -0.124. The molecule has 82 valence electrons. The van der Waals surface area contributed by atoms with Gasteiger partial charge in [-0.3, -0.25) is 9.69 Å². The molecule has 1 saturated heterocycles. The lowest BCUT2D eigenvalue weighted by atomic mass is 10.1. The van der Waals surface area contributed by atoms with Gasteiger partial charge < -0.3 is 4.90 Å². The van der Waals surface area contributed by atoms with Crippen LogP contribution in [0.3, 0.4) is 0 Å². The van der Waals surface area contributed by atoms with Gasteiger partial charge in [0.15, 0.2) is 0 Å². The number of carbonyl (C=O) groups excluding carboxylic acids is 1. The number of rotatable bonds is 4. The zero-order valence-electron chi connectivity index (χ0n) is 9.62. The molecule has 1 rings (SSSR count). The molecular formula is C11H22N2O. The van der Waals surface area contributed by atoms with E-state index in [1.165, 1.54) is 0 Å². The van der Waals surface area contributed by atoms with E-state index >= 15 is 0 Å². The van der Waals surface area contributed by atoms with Crippen molar-refractivity contribution in [1.29, 1.82) is 0 Å². The molecule has 1 aliphatic heterocycles. The molecule has 1 unspecified atom stereocenters. The van der Waals surface area contributed by atoms with Crippen LogP contribution in [0.2, 0.25) is 0 Å². The molecule has 0 amide bonds. The van der Waals surface area contributed by atoms with E-state index in [0.29, 0.717) is 12.2 Å². The summed E-state index contributed by atoms with van der Waals surface area (Å²) in [6, 6.07) is 0.124. The molecular weight excluding hydrogens is 176 g/mol. The van der Waals surface area contributed by atoms with E-state index in [9.17, 15) is 4.79 Å². The van der Waals surface area contributed by atoms with Gasteiger partial charge in [-0.25, -0.2) is 0 Å². The summed E-state index contributed by atoms with van der Waals surface area (Å²) in [7, 11) is 0. The Morgan fingerprint density at radius 1 is 1.21 bits per heavy atom. The van der Waals surface area contributed by atoms with Crippen molar-refractivity contribution in [3.05, 3.63) is 0 Å². The second kappa shape index (κ2) is 5.47. The van der Waals surface area contributed by atoms with Crippen LogP contribution in [0.4, 0.5) is 0 Å². The van der Waals surface area contributed by atoms with Crippen LogP contribution in [0.1, 0.15) is 27.2 Å². The maximum absolute atomic E-state index is 11.5. The fraction of sp³-hybridized carbons (Fsp3) is 0.909. The number of carbonyl (C=O) groups is 1. The monoisotopic (exact) mass is 198 g/mol. The van der Waals surface area contributed by atoms with Crippen molar-refractivity contribution in [1.82, 2.24) is 9.80 Å². The van der Waals surface area contributed by atoms with Gasteiger partial charge in [0.25, 0.3) is 0 Å². The standard InChI is InChI=1S/C11H22N2O/c1-4-11(14)10(3)13-8-6-12(5-2)7-9-13/h10H,4-9H2,1-3H3. The molecule has 0 bridgehead atoms. The summed E-state index contributed by atoms with van der Waals surface area (Å²) in [5.41, 5.74) is 0. The third-order valence-corrected chi connectivity index (χ3v) is 3.22. The van der Waals surface area contributed by atoms with Crippen LogP contribution in [-0.4, -0.2) is 54.3 Å². The molecule has 14 heavy (non-hydrogen) atoms. The first kappa shape index (κ1) is 11.7. The van der Waals surface area contributed by atoms with E-state index in [2.05, 4.69) is 16.7 Å². The van der Waals surface area contributed by atoms with Crippen molar-refractivity contribution in [2.75, 3.05) is 32.7 Å². The van der Waals surface area contributed by atoms with Crippen LogP contribution in [0.25, 0.3) is 0 Å². The lowest BCUT2D eigenvalue weighted by Gasteiger charge is -2.36. The zero-order chi connectivity index (χ0) is 10.6. The third kappa shape index (κ3) is 2.79. The maximum atomic E-state index is 11.5.